The third-order valence-electron chi connectivity index (χ3n) is 2.73. The fraction of sp³-hybridized carbons (Fsp3) is 0.231. The van der Waals surface area contributed by atoms with Crippen molar-refractivity contribution in [2.45, 2.75) is 6.04 Å². The number of carbonyl (C=O) groups is 1. The van der Waals surface area contributed by atoms with E-state index in [0.717, 1.165) is 9.13 Å². The third-order valence-corrected chi connectivity index (χ3v) is 3.67. The molecule has 2 N–H and O–H groups in total. The fourth-order valence-electron chi connectivity index (χ4n) is 1.74. The van der Waals surface area contributed by atoms with Gasteiger partial charge in [-0.05, 0) is 34.7 Å². The normalized spacial score (nSPS) is 12.2. The van der Waals surface area contributed by atoms with Gasteiger partial charge in [0, 0.05) is 22.4 Å². The van der Waals surface area contributed by atoms with E-state index in [4.69, 9.17) is 0 Å². The number of benzene rings is 1. The molecule has 100 valence electrons. The second-order valence-corrected chi connectivity index (χ2v) is 5.30. The van der Waals surface area contributed by atoms with Crippen LogP contribution in [0, 0.1) is 3.57 Å². The minimum atomic E-state index is -0.447. The molecule has 0 radical (unpaired) electrons. The number of aryl methyl sites for hydroxylation is 1. The van der Waals surface area contributed by atoms with Crippen LogP contribution in [0.2, 0.25) is 0 Å². The second kappa shape index (κ2) is 6.16. The summed E-state index contributed by atoms with van der Waals surface area (Å²) >= 11 is 2.11. The summed E-state index contributed by atoms with van der Waals surface area (Å²) in [5, 5.41) is 16.2. The maximum atomic E-state index is 12.2. The third kappa shape index (κ3) is 3.32. The van der Waals surface area contributed by atoms with Gasteiger partial charge in [0.1, 0.15) is 0 Å². The van der Waals surface area contributed by atoms with E-state index < -0.39 is 6.04 Å². The summed E-state index contributed by atoms with van der Waals surface area (Å²) in [6.45, 7) is -0.166. The summed E-state index contributed by atoms with van der Waals surface area (Å²) in [4.78, 5) is 12.2. The highest BCUT2D eigenvalue weighted by Gasteiger charge is 2.17. The molecule has 2 aromatic rings. The molecule has 1 unspecified atom stereocenters. The highest BCUT2D eigenvalue weighted by atomic mass is 127. The summed E-state index contributed by atoms with van der Waals surface area (Å²) in [6.07, 6.45) is 3.41. The molecule has 0 bridgehead atoms. The smallest absolute Gasteiger partial charge is 0.252 e. The standard InChI is InChI=1S/C13H14IN3O2/c1-17-7-9(6-15-17)12(8-18)16-13(19)10-4-2-3-5-11(10)14/h2-7,12,18H,8H2,1H3,(H,16,19). The molecule has 1 amide bonds. The van der Waals surface area contributed by atoms with Crippen LogP contribution in [-0.4, -0.2) is 27.4 Å². The van der Waals surface area contributed by atoms with E-state index in [9.17, 15) is 9.90 Å². The molecule has 1 heterocycles. The Morgan fingerprint density at radius 2 is 2.26 bits per heavy atom. The molecular formula is C13H14IN3O2. The van der Waals surface area contributed by atoms with Crippen LogP contribution in [0.25, 0.3) is 0 Å². The predicted octanol–water partition coefficient (Wildman–Crippen LogP) is 1.49. The van der Waals surface area contributed by atoms with Crippen molar-refractivity contribution >= 4 is 28.5 Å². The zero-order valence-corrected chi connectivity index (χ0v) is 12.5. The van der Waals surface area contributed by atoms with Gasteiger partial charge >= 0.3 is 0 Å². The summed E-state index contributed by atoms with van der Waals surface area (Å²) in [5.74, 6) is -0.201. The van der Waals surface area contributed by atoms with Crippen LogP contribution < -0.4 is 5.32 Å². The highest BCUT2D eigenvalue weighted by Crippen LogP contribution is 2.15. The lowest BCUT2D eigenvalue weighted by atomic mass is 10.1. The minimum Gasteiger partial charge on any atom is -0.394 e. The average Bonchev–Trinajstić information content (AvgIpc) is 2.82. The van der Waals surface area contributed by atoms with Crippen LogP contribution in [0.5, 0.6) is 0 Å². The first-order chi connectivity index (χ1) is 9.11. The van der Waals surface area contributed by atoms with Gasteiger partial charge in [-0.15, -0.1) is 0 Å². The van der Waals surface area contributed by atoms with Gasteiger partial charge in [0.25, 0.3) is 5.91 Å². The van der Waals surface area contributed by atoms with E-state index in [0.29, 0.717) is 5.56 Å². The Morgan fingerprint density at radius 1 is 1.53 bits per heavy atom. The Bertz CT molecular complexity index is 583. The first kappa shape index (κ1) is 14.0. The Balaban J connectivity index is 2.15. The molecule has 1 aromatic carbocycles. The molecule has 2 rings (SSSR count). The molecule has 6 heteroatoms. The van der Waals surface area contributed by atoms with Gasteiger partial charge in [0.15, 0.2) is 0 Å². The molecule has 0 saturated carbocycles. The Kier molecular flexibility index (Phi) is 4.54. The van der Waals surface area contributed by atoms with Crippen LogP contribution in [0.1, 0.15) is 22.0 Å². The van der Waals surface area contributed by atoms with Crippen LogP contribution in [0.3, 0.4) is 0 Å². The van der Waals surface area contributed by atoms with E-state index in [2.05, 4.69) is 33.0 Å². The van der Waals surface area contributed by atoms with Gasteiger partial charge < -0.3 is 10.4 Å². The molecule has 0 aliphatic carbocycles. The number of halogens is 1. The fourth-order valence-corrected chi connectivity index (χ4v) is 2.37. The van der Waals surface area contributed by atoms with Crippen molar-refractivity contribution in [2.24, 2.45) is 7.05 Å². The lowest BCUT2D eigenvalue weighted by Gasteiger charge is -2.15. The summed E-state index contributed by atoms with van der Waals surface area (Å²) in [6, 6.07) is 6.87. The first-order valence-electron chi connectivity index (χ1n) is 5.76. The second-order valence-electron chi connectivity index (χ2n) is 4.14. The topological polar surface area (TPSA) is 67.2 Å². The van der Waals surface area contributed by atoms with Crippen molar-refractivity contribution in [3.05, 3.63) is 51.4 Å². The molecule has 19 heavy (non-hydrogen) atoms. The number of carbonyl (C=O) groups excluding carboxylic acids is 1. The average molecular weight is 371 g/mol. The van der Waals surface area contributed by atoms with Crippen molar-refractivity contribution in [1.82, 2.24) is 15.1 Å². The zero-order chi connectivity index (χ0) is 13.8. The van der Waals surface area contributed by atoms with Crippen LogP contribution in [0.15, 0.2) is 36.7 Å². The Morgan fingerprint density at radius 3 is 2.84 bits per heavy atom. The van der Waals surface area contributed by atoms with Crippen molar-refractivity contribution in [2.75, 3.05) is 6.61 Å². The molecule has 1 atom stereocenters. The van der Waals surface area contributed by atoms with Gasteiger partial charge in [-0.2, -0.15) is 5.10 Å². The maximum Gasteiger partial charge on any atom is 0.252 e. The van der Waals surface area contributed by atoms with Gasteiger partial charge in [0.05, 0.1) is 24.4 Å². The molecule has 5 nitrogen and oxygen atoms in total. The number of rotatable bonds is 4. The quantitative estimate of drug-likeness (QED) is 0.801. The van der Waals surface area contributed by atoms with Gasteiger partial charge in [-0.3, -0.25) is 9.48 Å². The minimum absolute atomic E-state index is 0.166. The van der Waals surface area contributed by atoms with Crippen molar-refractivity contribution in [3.8, 4) is 0 Å². The maximum absolute atomic E-state index is 12.2. The van der Waals surface area contributed by atoms with Gasteiger partial charge in [0.2, 0.25) is 0 Å². The number of aliphatic hydroxyl groups excluding tert-OH is 1. The van der Waals surface area contributed by atoms with Crippen LogP contribution in [0.4, 0.5) is 0 Å². The molecule has 0 aliphatic rings. The number of aromatic nitrogens is 2. The predicted molar refractivity (Wildman–Crippen MR) is 79.7 cm³/mol. The number of hydrogen-bond donors (Lipinski definition) is 2. The Labute approximate surface area is 124 Å². The van der Waals surface area contributed by atoms with Gasteiger partial charge in [-0.25, -0.2) is 0 Å². The van der Waals surface area contributed by atoms with Crippen LogP contribution in [-0.2, 0) is 7.05 Å². The van der Waals surface area contributed by atoms with Crippen molar-refractivity contribution < 1.29 is 9.90 Å². The summed E-state index contributed by atoms with van der Waals surface area (Å²) < 4.78 is 2.51. The molecule has 1 aromatic heterocycles. The first-order valence-corrected chi connectivity index (χ1v) is 6.84. The van der Waals surface area contributed by atoms with Crippen molar-refractivity contribution in [1.29, 1.82) is 0 Å². The summed E-state index contributed by atoms with van der Waals surface area (Å²) in [7, 11) is 1.79. The van der Waals surface area contributed by atoms with E-state index in [-0.39, 0.29) is 12.5 Å². The lowest BCUT2D eigenvalue weighted by Crippen LogP contribution is -2.31. The molecule has 0 fully saturated rings. The van der Waals surface area contributed by atoms with E-state index in [1.807, 2.05) is 18.2 Å². The molecule has 0 spiro atoms. The zero-order valence-electron chi connectivity index (χ0n) is 10.4. The lowest BCUT2D eigenvalue weighted by molar-refractivity contribution is 0.0915. The SMILES string of the molecule is Cn1cc(C(CO)NC(=O)c2ccccc2I)cn1. The van der Waals surface area contributed by atoms with E-state index >= 15 is 0 Å². The highest BCUT2D eigenvalue weighted by molar-refractivity contribution is 14.1. The van der Waals surface area contributed by atoms with E-state index in [1.54, 1.807) is 30.2 Å². The van der Waals surface area contributed by atoms with Crippen LogP contribution >= 0.6 is 22.6 Å². The van der Waals surface area contributed by atoms with Crippen molar-refractivity contribution in [3.63, 3.8) is 0 Å². The molecular weight excluding hydrogens is 357 g/mol. The van der Waals surface area contributed by atoms with Gasteiger partial charge in [-0.1, -0.05) is 12.1 Å². The number of hydrogen-bond acceptors (Lipinski definition) is 3. The number of aliphatic hydroxyl groups is 1. The number of nitrogens with zero attached hydrogens (tertiary/aromatic N) is 2. The summed E-state index contributed by atoms with van der Waals surface area (Å²) in [5.41, 5.74) is 1.38. The van der Waals surface area contributed by atoms with E-state index in [1.165, 1.54) is 0 Å². The largest absolute Gasteiger partial charge is 0.394 e. The molecule has 0 saturated heterocycles. The monoisotopic (exact) mass is 371 g/mol. The molecule has 0 aliphatic heterocycles. The number of nitrogens with one attached hydrogen (secondary N) is 1. The number of amides is 1. The Hall–Kier alpha value is -1.41.